The van der Waals surface area contributed by atoms with Crippen LogP contribution in [-0.4, -0.2) is 50.3 Å². The molecule has 1 unspecified atom stereocenters. The second-order valence-electron chi connectivity index (χ2n) is 7.05. The molecule has 7 heteroatoms. The van der Waals surface area contributed by atoms with Gasteiger partial charge in [-0.3, -0.25) is 19.2 Å². The average Bonchev–Trinajstić information content (AvgIpc) is 3.04. The van der Waals surface area contributed by atoms with Crippen LogP contribution < -0.4 is 5.32 Å². The molecule has 1 spiro atoms. The van der Waals surface area contributed by atoms with Gasteiger partial charge in [0.15, 0.2) is 0 Å². The van der Waals surface area contributed by atoms with Crippen LogP contribution in [0.3, 0.4) is 0 Å². The number of aliphatic carboxylic acids is 1. The van der Waals surface area contributed by atoms with Crippen LogP contribution in [0.4, 0.5) is 0 Å². The number of carbonyl (C=O) groups excluding carboxylic acids is 1. The van der Waals surface area contributed by atoms with Crippen LogP contribution in [-0.2, 0) is 22.7 Å². The lowest BCUT2D eigenvalue weighted by atomic mass is 9.77. The molecule has 0 aliphatic carbocycles. The number of aryl methyl sites for hydroxylation is 1. The van der Waals surface area contributed by atoms with Crippen molar-refractivity contribution in [3.63, 3.8) is 0 Å². The SMILES string of the molecule is CCCn1ncc(CN2CCC3(CC2)NC(=O)CC3C(=O)O)c1C. The molecule has 2 saturated heterocycles. The number of aromatic nitrogens is 2. The summed E-state index contributed by atoms with van der Waals surface area (Å²) < 4.78 is 2.04. The number of carbonyl (C=O) groups is 2. The van der Waals surface area contributed by atoms with E-state index >= 15 is 0 Å². The highest BCUT2D eigenvalue weighted by Gasteiger charge is 2.51. The minimum atomic E-state index is -0.863. The minimum absolute atomic E-state index is 0.109. The zero-order valence-electron chi connectivity index (χ0n) is 14.4. The molecular weight excluding hydrogens is 308 g/mol. The van der Waals surface area contributed by atoms with E-state index in [-0.39, 0.29) is 12.3 Å². The Bertz CT molecular complexity index is 632. The first-order chi connectivity index (χ1) is 11.4. The Kier molecular flexibility index (Phi) is 4.62. The molecule has 3 rings (SSSR count). The van der Waals surface area contributed by atoms with E-state index in [9.17, 15) is 14.7 Å². The fourth-order valence-electron chi connectivity index (χ4n) is 4.02. The number of nitrogens with one attached hydrogen (secondary N) is 1. The summed E-state index contributed by atoms with van der Waals surface area (Å²) in [5.41, 5.74) is 1.88. The van der Waals surface area contributed by atoms with Crippen molar-refractivity contribution in [1.29, 1.82) is 0 Å². The number of rotatable bonds is 5. The summed E-state index contributed by atoms with van der Waals surface area (Å²) in [6.07, 6.45) is 4.49. The summed E-state index contributed by atoms with van der Waals surface area (Å²) in [4.78, 5) is 25.5. The lowest BCUT2D eigenvalue weighted by Crippen LogP contribution is -2.55. The lowest BCUT2D eigenvalue weighted by molar-refractivity contribution is -0.144. The molecule has 132 valence electrons. The molecule has 1 aromatic heterocycles. The number of likely N-dealkylation sites (tertiary alicyclic amines) is 1. The summed E-state index contributed by atoms with van der Waals surface area (Å²) in [7, 11) is 0. The highest BCUT2D eigenvalue weighted by molar-refractivity contribution is 5.88. The van der Waals surface area contributed by atoms with Gasteiger partial charge in [0.2, 0.25) is 5.91 Å². The van der Waals surface area contributed by atoms with E-state index in [0.717, 1.165) is 32.6 Å². The standard InChI is InChI=1S/C17H26N4O3/c1-3-6-21-12(2)13(10-18-21)11-20-7-4-17(5-8-20)14(16(23)24)9-15(22)19-17/h10,14H,3-9,11H2,1-2H3,(H,19,22)(H,23,24). The number of carboxylic acid groups (broad SMARTS) is 1. The van der Waals surface area contributed by atoms with Crippen molar-refractivity contribution < 1.29 is 14.7 Å². The summed E-state index contributed by atoms with van der Waals surface area (Å²) >= 11 is 0. The maximum absolute atomic E-state index is 11.7. The Balaban J connectivity index is 1.63. The Morgan fingerprint density at radius 3 is 2.79 bits per heavy atom. The Labute approximate surface area is 142 Å². The quantitative estimate of drug-likeness (QED) is 0.844. The van der Waals surface area contributed by atoms with Crippen molar-refractivity contribution in [2.24, 2.45) is 5.92 Å². The van der Waals surface area contributed by atoms with Crippen LogP contribution >= 0.6 is 0 Å². The van der Waals surface area contributed by atoms with Gasteiger partial charge in [0.1, 0.15) is 0 Å². The van der Waals surface area contributed by atoms with Gasteiger partial charge in [-0.05, 0) is 26.2 Å². The Morgan fingerprint density at radius 2 is 2.17 bits per heavy atom. The minimum Gasteiger partial charge on any atom is -0.481 e. The van der Waals surface area contributed by atoms with Crippen LogP contribution in [0.15, 0.2) is 6.20 Å². The van der Waals surface area contributed by atoms with Crippen LogP contribution in [0.1, 0.15) is 43.9 Å². The molecule has 1 atom stereocenters. The maximum Gasteiger partial charge on any atom is 0.309 e. The van der Waals surface area contributed by atoms with E-state index in [4.69, 9.17) is 0 Å². The van der Waals surface area contributed by atoms with Crippen molar-refractivity contribution >= 4 is 11.9 Å². The second-order valence-corrected chi connectivity index (χ2v) is 7.05. The van der Waals surface area contributed by atoms with E-state index in [1.165, 1.54) is 11.3 Å². The zero-order chi connectivity index (χ0) is 17.3. The van der Waals surface area contributed by atoms with Gasteiger partial charge < -0.3 is 10.4 Å². The number of amides is 1. The van der Waals surface area contributed by atoms with Gasteiger partial charge in [-0.2, -0.15) is 5.10 Å². The molecule has 1 aromatic rings. The van der Waals surface area contributed by atoms with E-state index in [1.807, 2.05) is 10.9 Å². The van der Waals surface area contributed by atoms with E-state index in [0.29, 0.717) is 12.8 Å². The fourth-order valence-corrected chi connectivity index (χ4v) is 4.02. The van der Waals surface area contributed by atoms with Crippen LogP contribution in [0.25, 0.3) is 0 Å². The molecule has 7 nitrogen and oxygen atoms in total. The topological polar surface area (TPSA) is 87.5 Å². The molecule has 1 amide bonds. The van der Waals surface area contributed by atoms with Gasteiger partial charge >= 0.3 is 5.97 Å². The number of hydrogen-bond acceptors (Lipinski definition) is 4. The van der Waals surface area contributed by atoms with Crippen molar-refractivity contribution in [2.45, 2.75) is 58.2 Å². The molecule has 3 heterocycles. The molecule has 2 N–H and O–H groups in total. The van der Waals surface area contributed by atoms with Crippen molar-refractivity contribution in [3.05, 3.63) is 17.5 Å². The summed E-state index contributed by atoms with van der Waals surface area (Å²) in [5.74, 6) is -1.59. The van der Waals surface area contributed by atoms with Gasteiger partial charge in [-0.25, -0.2) is 0 Å². The molecule has 2 aliphatic rings. The van der Waals surface area contributed by atoms with Gasteiger partial charge in [0.05, 0.1) is 17.7 Å². The zero-order valence-corrected chi connectivity index (χ0v) is 14.4. The first-order valence-electron chi connectivity index (χ1n) is 8.72. The summed E-state index contributed by atoms with van der Waals surface area (Å²) in [6, 6.07) is 0. The molecule has 0 saturated carbocycles. The first kappa shape index (κ1) is 17.0. The molecule has 2 aliphatic heterocycles. The van der Waals surface area contributed by atoms with Crippen LogP contribution in [0.2, 0.25) is 0 Å². The maximum atomic E-state index is 11.7. The third-order valence-corrected chi connectivity index (χ3v) is 5.53. The molecular formula is C17H26N4O3. The number of hydrogen-bond donors (Lipinski definition) is 2. The molecule has 24 heavy (non-hydrogen) atoms. The highest BCUT2D eigenvalue weighted by Crippen LogP contribution is 2.37. The fraction of sp³-hybridized carbons (Fsp3) is 0.706. The van der Waals surface area contributed by atoms with Gasteiger partial charge in [0, 0.05) is 43.9 Å². The Morgan fingerprint density at radius 1 is 1.46 bits per heavy atom. The normalized spacial score (nSPS) is 23.6. The van der Waals surface area contributed by atoms with E-state index in [2.05, 4.69) is 29.2 Å². The van der Waals surface area contributed by atoms with Gasteiger partial charge in [-0.1, -0.05) is 6.92 Å². The van der Waals surface area contributed by atoms with Crippen molar-refractivity contribution in [2.75, 3.05) is 13.1 Å². The highest BCUT2D eigenvalue weighted by atomic mass is 16.4. The van der Waals surface area contributed by atoms with Gasteiger partial charge in [-0.15, -0.1) is 0 Å². The Hall–Kier alpha value is -1.89. The number of piperidine rings is 1. The first-order valence-corrected chi connectivity index (χ1v) is 8.72. The van der Waals surface area contributed by atoms with Crippen LogP contribution in [0.5, 0.6) is 0 Å². The van der Waals surface area contributed by atoms with Crippen LogP contribution in [0, 0.1) is 12.8 Å². The second kappa shape index (κ2) is 6.55. The molecule has 0 bridgehead atoms. The molecule has 0 aromatic carbocycles. The van der Waals surface area contributed by atoms with Gasteiger partial charge in [0.25, 0.3) is 0 Å². The predicted octanol–water partition coefficient (Wildman–Crippen LogP) is 1.16. The predicted molar refractivity (Wildman–Crippen MR) is 88.4 cm³/mol. The average molecular weight is 334 g/mol. The third kappa shape index (κ3) is 3.05. The lowest BCUT2D eigenvalue weighted by Gasteiger charge is -2.41. The number of carboxylic acids is 1. The molecule has 0 radical (unpaired) electrons. The molecule has 2 fully saturated rings. The largest absolute Gasteiger partial charge is 0.481 e. The summed E-state index contributed by atoms with van der Waals surface area (Å²) in [6.45, 7) is 7.59. The van der Waals surface area contributed by atoms with Crippen molar-refractivity contribution in [3.8, 4) is 0 Å². The number of nitrogens with zero attached hydrogens (tertiary/aromatic N) is 3. The van der Waals surface area contributed by atoms with E-state index in [1.54, 1.807) is 0 Å². The monoisotopic (exact) mass is 334 g/mol. The third-order valence-electron chi connectivity index (χ3n) is 5.53. The van der Waals surface area contributed by atoms with Crippen molar-refractivity contribution in [1.82, 2.24) is 20.0 Å². The summed E-state index contributed by atoms with van der Waals surface area (Å²) in [5, 5.41) is 16.8. The van der Waals surface area contributed by atoms with E-state index < -0.39 is 17.4 Å². The smallest absolute Gasteiger partial charge is 0.309 e.